The number of rotatable bonds is 7. The van der Waals surface area contributed by atoms with Crippen LogP contribution < -0.4 is 5.32 Å². The van der Waals surface area contributed by atoms with Crippen molar-refractivity contribution < 1.29 is 41.8 Å². The summed E-state index contributed by atoms with van der Waals surface area (Å²) >= 11 is 0. The zero-order chi connectivity index (χ0) is 25.0. The normalized spacial score (nSPS) is 11.0. The Morgan fingerprint density at radius 3 is 2.24 bits per heavy atom. The van der Waals surface area contributed by atoms with Gasteiger partial charge in [-0.05, 0) is 36.4 Å². The Labute approximate surface area is 187 Å². The molecule has 0 saturated heterocycles. The van der Waals surface area contributed by atoms with E-state index in [9.17, 15) is 43.0 Å². The number of ether oxygens (including phenoxy) is 1. The Balaban J connectivity index is 1.63. The van der Waals surface area contributed by atoms with Crippen LogP contribution in [0.4, 0.5) is 30.2 Å². The molecule has 3 rings (SSSR count). The predicted octanol–water partition coefficient (Wildman–Crippen LogP) is 4.58. The molecule has 0 aliphatic rings. The summed E-state index contributed by atoms with van der Waals surface area (Å²) in [5.41, 5.74) is -2.50. The maximum atomic E-state index is 12.8. The van der Waals surface area contributed by atoms with Crippen LogP contribution in [-0.2, 0) is 15.7 Å². The second-order valence-corrected chi connectivity index (χ2v) is 6.58. The average Bonchev–Trinajstić information content (AvgIpc) is 3.27. The van der Waals surface area contributed by atoms with Crippen molar-refractivity contribution in [1.82, 2.24) is 0 Å². The van der Waals surface area contributed by atoms with Crippen LogP contribution in [0.3, 0.4) is 0 Å². The zero-order valence-electron chi connectivity index (χ0n) is 16.7. The number of hydrogen-bond acceptors (Lipinski definition) is 8. The van der Waals surface area contributed by atoms with Crippen molar-refractivity contribution in [1.29, 1.82) is 0 Å². The first kappa shape index (κ1) is 23.9. The standard InChI is InChI=1S/C20H12F3N3O8/c21-20(22,23)12-3-6-14(15(9-12)26(31)32)24-18(27)10-33-19(28)17-8-7-16(34-17)11-1-4-13(5-2-11)25(29)30/h1-9H,10H2,(H,24,27). The molecule has 1 heterocycles. The summed E-state index contributed by atoms with van der Waals surface area (Å²) < 4.78 is 48.3. The maximum Gasteiger partial charge on any atom is 0.416 e. The minimum absolute atomic E-state index is 0.144. The molecule has 176 valence electrons. The molecule has 11 nitrogen and oxygen atoms in total. The summed E-state index contributed by atoms with van der Waals surface area (Å²) in [7, 11) is 0. The van der Waals surface area contributed by atoms with Crippen molar-refractivity contribution in [2.75, 3.05) is 11.9 Å². The molecule has 1 N–H and O–H groups in total. The molecule has 2 aromatic carbocycles. The lowest BCUT2D eigenvalue weighted by Crippen LogP contribution is -2.21. The fourth-order valence-electron chi connectivity index (χ4n) is 2.70. The van der Waals surface area contributed by atoms with Crippen LogP contribution in [0.5, 0.6) is 0 Å². The SMILES string of the molecule is O=C(COC(=O)c1ccc(-c2ccc([N+](=O)[O-])cc2)o1)Nc1ccc(C(F)(F)F)cc1[N+](=O)[O-]. The van der Waals surface area contributed by atoms with Crippen LogP contribution >= 0.6 is 0 Å². The van der Waals surface area contributed by atoms with E-state index < -0.39 is 51.4 Å². The highest BCUT2D eigenvalue weighted by Crippen LogP contribution is 2.35. The highest BCUT2D eigenvalue weighted by molar-refractivity contribution is 5.96. The number of carbonyl (C=O) groups is 2. The van der Waals surface area contributed by atoms with Gasteiger partial charge in [-0.3, -0.25) is 25.0 Å². The van der Waals surface area contributed by atoms with E-state index in [0.717, 1.165) is 0 Å². The molecule has 0 aliphatic heterocycles. The smallest absolute Gasteiger partial charge is 0.416 e. The highest BCUT2D eigenvalue weighted by Gasteiger charge is 2.33. The number of nitro groups is 2. The first-order valence-corrected chi connectivity index (χ1v) is 9.13. The summed E-state index contributed by atoms with van der Waals surface area (Å²) in [6, 6.07) is 9.43. The van der Waals surface area contributed by atoms with Gasteiger partial charge in [-0.1, -0.05) is 0 Å². The first-order chi connectivity index (χ1) is 16.0. The second kappa shape index (κ2) is 9.40. The number of alkyl halides is 3. The number of hydrogen-bond donors (Lipinski definition) is 1. The van der Waals surface area contributed by atoms with Crippen LogP contribution in [0.25, 0.3) is 11.3 Å². The Kier molecular flexibility index (Phi) is 6.61. The van der Waals surface area contributed by atoms with E-state index in [1.165, 1.54) is 36.4 Å². The topological polar surface area (TPSA) is 155 Å². The fraction of sp³-hybridized carbons (Fsp3) is 0.100. The lowest BCUT2D eigenvalue weighted by Gasteiger charge is -2.10. The molecule has 0 aliphatic carbocycles. The fourth-order valence-corrected chi connectivity index (χ4v) is 2.70. The van der Waals surface area contributed by atoms with Crippen molar-refractivity contribution in [3.63, 3.8) is 0 Å². The number of nitro benzene ring substituents is 2. The van der Waals surface area contributed by atoms with E-state index in [4.69, 9.17) is 9.15 Å². The summed E-state index contributed by atoms with van der Waals surface area (Å²) in [6.45, 7) is -0.912. The third kappa shape index (κ3) is 5.53. The van der Waals surface area contributed by atoms with Gasteiger partial charge in [0.15, 0.2) is 6.61 Å². The van der Waals surface area contributed by atoms with E-state index in [0.29, 0.717) is 17.7 Å². The zero-order valence-corrected chi connectivity index (χ0v) is 16.7. The maximum absolute atomic E-state index is 12.8. The van der Waals surface area contributed by atoms with Gasteiger partial charge in [-0.15, -0.1) is 0 Å². The number of furan rings is 1. The summed E-state index contributed by atoms with van der Waals surface area (Å²) in [5, 5.41) is 23.8. The van der Waals surface area contributed by atoms with Crippen molar-refractivity contribution in [2.45, 2.75) is 6.18 Å². The van der Waals surface area contributed by atoms with E-state index >= 15 is 0 Å². The van der Waals surface area contributed by atoms with E-state index in [2.05, 4.69) is 0 Å². The van der Waals surface area contributed by atoms with Gasteiger partial charge in [0, 0.05) is 23.8 Å². The quantitative estimate of drug-likeness (QED) is 0.293. The first-order valence-electron chi connectivity index (χ1n) is 9.13. The number of non-ortho nitro benzene ring substituents is 1. The number of carbonyl (C=O) groups excluding carboxylic acids is 2. The summed E-state index contributed by atoms with van der Waals surface area (Å²) in [5.74, 6) is -2.23. The van der Waals surface area contributed by atoms with E-state index in [-0.39, 0.29) is 23.3 Å². The number of esters is 1. The Bertz CT molecular complexity index is 1270. The van der Waals surface area contributed by atoms with Gasteiger partial charge in [0.05, 0.1) is 15.4 Å². The van der Waals surface area contributed by atoms with Crippen molar-refractivity contribution in [3.8, 4) is 11.3 Å². The van der Waals surface area contributed by atoms with Gasteiger partial charge in [-0.2, -0.15) is 13.2 Å². The van der Waals surface area contributed by atoms with Crippen molar-refractivity contribution >= 4 is 28.9 Å². The monoisotopic (exact) mass is 479 g/mol. The number of nitrogens with zero attached hydrogens (tertiary/aromatic N) is 2. The molecule has 0 fully saturated rings. The number of halogens is 3. The molecule has 0 unspecified atom stereocenters. The molecule has 0 spiro atoms. The molecule has 0 atom stereocenters. The molecule has 14 heteroatoms. The summed E-state index contributed by atoms with van der Waals surface area (Å²) in [6.07, 6.45) is -4.82. The van der Waals surface area contributed by atoms with Crippen LogP contribution in [0.2, 0.25) is 0 Å². The minimum atomic E-state index is -4.82. The minimum Gasteiger partial charge on any atom is -0.450 e. The third-order valence-electron chi connectivity index (χ3n) is 4.30. The Morgan fingerprint density at radius 1 is 0.971 bits per heavy atom. The van der Waals surface area contributed by atoms with Gasteiger partial charge >= 0.3 is 12.1 Å². The van der Waals surface area contributed by atoms with Crippen LogP contribution in [-0.4, -0.2) is 28.3 Å². The molecule has 3 aromatic rings. The number of amides is 1. The van der Waals surface area contributed by atoms with Crippen LogP contribution in [0.15, 0.2) is 59.0 Å². The molecule has 0 saturated carbocycles. The van der Waals surface area contributed by atoms with E-state index in [1.54, 1.807) is 0 Å². The van der Waals surface area contributed by atoms with Gasteiger partial charge in [0.1, 0.15) is 11.4 Å². The Hall–Kier alpha value is -4.75. The van der Waals surface area contributed by atoms with Crippen molar-refractivity contribution in [3.05, 3.63) is 86.1 Å². The van der Waals surface area contributed by atoms with Gasteiger partial charge < -0.3 is 14.5 Å². The van der Waals surface area contributed by atoms with Crippen LogP contribution in [0.1, 0.15) is 16.1 Å². The third-order valence-corrected chi connectivity index (χ3v) is 4.30. The van der Waals surface area contributed by atoms with E-state index in [1.807, 2.05) is 5.32 Å². The number of benzene rings is 2. The molecule has 34 heavy (non-hydrogen) atoms. The van der Waals surface area contributed by atoms with Crippen molar-refractivity contribution in [2.24, 2.45) is 0 Å². The molecule has 0 radical (unpaired) electrons. The largest absolute Gasteiger partial charge is 0.450 e. The van der Waals surface area contributed by atoms with Gasteiger partial charge in [0.2, 0.25) is 5.76 Å². The average molecular weight is 479 g/mol. The van der Waals surface area contributed by atoms with Crippen LogP contribution in [0, 0.1) is 20.2 Å². The second-order valence-electron chi connectivity index (χ2n) is 6.58. The predicted molar refractivity (Wildman–Crippen MR) is 108 cm³/mol. The number of anilines is 1. The Morgan fingerprint density at radius 2 is 1.65 bits per heavy atom. The molecule has 0 bridgehead atoms. The molecule has 1 amide bonds. The highest BCUT2D eigenvalue weighted by atomic mass is 19.4. The van der Waals surface area contributed by atoms with Gasteiger partial charge in [0.25, 0.3) is 17.3 Å². The summed E-state index contributed by atoms with van der Waals surface area (Å²) in [4.78, 5) is 44.2. The molecular weight excluding hydrogens is 467 g/mol. The lowest BCUT2D eigenvalue weighted by molar-refractivity contribution is -0.384. The molecular formula is C20H12F3N3O8. The van der Waals surface area contributed by atoms with Gasteiger partial charge in [-0.25, -0.2) is 4.79 Å². The number of nitrogens with one attached hydrogen (secondary N) is 1. The molecule has 1 aromatic heterocycles. The lowest BCUT2D eigenvalue weighted by atomic mass is 10.1.